The molecule has 1 aromatic carbocycles. The predicted molar refractivity (Wildman–Crippen MR) is 73.0 cm³/mol. The fraction of sp³-hybridized carbons (Fsp3) is 0.412. The molecule has 0 N–H and O–H groups in total. The smallest absolute Gasteiger partial charge is 0.0118 e. The molecular formula is C17H20. The van der Waals surface area contributed by atoms with Crippen LogP contribution in [0, 0.1) is 5.92 Å². The van der Waals surface area contributed by atoms with E-state index in [-0.39, 0.29) is 0 Å². The SMILES string of the molecule is CC1C=C2CCC(c3ccccc3)CC2=CC1. The first-order valence-corrected chi connectivity index (χ1v) is 6.78. The molecule has 88 valence electrons. The lowest BCUT2D eigenvalue weighted by Crippen LogP contribution is -2.12. The van der Waals surface area contributed by atoms with Gasteiger partial charge in [0.1, 0.15) is 0 Å². The van der Waals surface area contributed by atoms with Gasteiger partial charge in [0.2, 0.25) is 0 Å². The molecule has 0 aliphatic heterocycles. The Morgan fingerprint density at radius 3 is 2.71 bits per heavy atom. The van der Waals surface area contributed by atoms with E-state index in [1.165, 1.54) is 31.2 Å². The summed E-state index contributed by atoms with van der Waals surface area (Å²) in [6.45, 7) is 2.32. The van der Waals surface area contributed by atoms with Crippen LogP contribution >= 0.6 is 0 Å². The maximum absolute atomic E-state index is 2.50. The number of benzene rings is 1. The summed E-state index contributed by atoms with van der Waals surface area (Å²) in [6.07, 6.45) is 10.1. The van der Waals surface area contributed by atoms with Crippen molar-refractivity contribution >= 4 is 0 Å². The van der Waals surface area contributed by atoms with Gasteiger partial charge in [-0.3, -0.25) is 0 Å². The third kappa shape index (κ3) is 2.22. The third-order valence-electron chi connectivity index (χ3n) is 4.13. The van der Waals surface area contributed by atoms with Crippen molar-refractivity contribution in [1.82, 2.24) is 0 Å². The Hall–Kier alpha value is -1.30. The number of hydrogen-bond donors (Lipinski definition) is 0. The minimum Gasteiger partial charge on any atom is -0.0805 e. The van der Waals surface area contributed by atoms with Crippen LogP contribution in [0.3, 0.4) is 0 Å². The lowest BCUT2D eigenvalue weighted by Gasteiger charge is -2.30. The van der Waals surface area contributed by atoms with E-state index >= 15 is 0 Å². The van der Waals surface area contributed by atoms with E-state index in [9.17, 15) is 0 Å². The van der Waals surface area contributed by atoms with Gasteiger partial charge in [0, 0.05) is 0 Å². The molecule has 0 spiro atoms. The Kier molecular flexibility index (Phi) is 2.88. The molecular weight excluding hydrogens is 204 g/mol. The van der Waals surface area contributed by atoms with E-state index in [4.69, 9.17) is 0 Å². The summed E-state index contributed by atoms with van der Waals surface area (Å²) < 4.78 is 0. The van der Waals surface area contributed by atoms with Gasteiger partial charge >= 0.3 is 0 Å². The number of fused-ring (bicyclic) bond motifs is 1. The quantitative estimate of drug-likeness (QED) is 0.640. The molecule has 2 unspecified atom stereocenters. The Labute approximate surface area is 104 Å². The van der Waals surface area contributed by atoms with Crippen molar-refractivity contribution in [2.75, 3.05) is 0 Å². The first-order chi connectivity index (χ1) is 8.33. The van der Waals surface area contributed by atoms with Gasteiger partial charge in [-0.05, 0) is 54.2 Å². The second-order valence-corrected chi connectivity index (χ2v) is 5.48. The van der Waals surface area contributed by atoms with Crippen LogP contribution in [0.2, 0.25) is 0 Å². The van der Waals surface area contributed by atoms with E-state index < -0.39 is 0 Å². The zero-order valence-electron chi connectivity index (χ0n) is 10.5. The van der Waals surface area contributed by atoms with Crippen LogP contribution in [0.5, 0.6) is 0 Å². The molecule has 0 nitrogen and oxygen atoms in total. The van der Waals surface area contributed by atoms with Crippen molar-refractivity contribution in [3.05, 3.63) is 59.2 Å². The number of rotatable bonds is 1. The maximum Gasteiger partial charge on any atom is -0.0118 e. The van der Waals surface area contributed by atoms with Gasteiger partial charge in [-0.2, -0.15) is 0 Å². The van der Waals surface area contributed by atoms with E-state index in [0.29, 0.717) is 0 Å². The van der Waals surface area contributed by atoms with E-state index in [2.05, 4.69) is 49.4 Å². The Bertz CT molecular complexity index is 450. The molecule has 17 heavy (non-hydrogen) atoms. The monoisotopic (exact) mass is 224 g/mol. The number of allylic oxidation sites excluding steroid dienone is 4. The molecule has 1 fully saturated rings. The Morgan fingerprint density at radius 1 is 1.06 bits per heavy atom. The zero-order valence-corrected chi connectivity index (χ0v) is 10.5. The van der Waals surface area contributed by atoms with Crippen molar-refractivity contribution < 1.29 is 0 Å². The van der Waals surface area contributed by atoms with Gasteiger partial charge in [-0.1, -0.05) is 49.4 Å². The summed E-state index contributed by atoms with van der Waals surface area (Å²) >= 11 is 0. The minimum absolute atomic E-state index is 0.744. The first kappa shape index (κ1) is 10.8. The summed E-state index contributed by atoms with van der Waals surface area (Å²) in [6, 6.07) is 11.0. The molecule has 1 saturated carbocycles. The van der Waals surface area contributed by atoms with Crippen LogP contribution < -0.4 is 0 Å². The Balaban J connectivity index is 1.80. The second kappa shape index (κ2) is 4.52. The fourth-order valence-electron chi connectivity index (χ4n) is 3.14. The molecule has 0 amide bonds. The van der Waals surface area contributed by atoms with Crippen LogP contribution in [0.4, 0.5) is 0 Å². The maximum atomic E-state index is 2.50. The molecule has 0 saturated heterocycles. The highest BCUT2D eigenvalue weighted by Gasteiger charge is 2.23. The van der Waals surface area contributed by atoms with Crippen molar-refractivity contribution in [1.29, 1.82) is 0 Å². The highest BCUT2D eigenvalue weighted by molar-refractivity contribution is 5.39. The number of hydrogen-bond acceptors (Lipinski definition) is 0. The van der Waals surface area contributed by atoms with E-state index in [1.807, 2.05) is 0 Å². The lowest BCUT2D eigenvalue weighted by molar-refractivity contribution is 0.561. The van der Waals surface area contributed by atoms with Crippen molar-refractivity contribution in [2.24, 2.45) is 5.92 Å². The first-order valence-electron chi connectivity index (χ1n) is 6.78. The zero-order chi connectivity index (χ0) is 11.7. The molecule has 2 aliphatic rings. The standard InChI is InChI=1S/C17H20/c1-13-7-8-17-12-16(10-9-15(17)11-13)14-5-3-2-4-6-14/h2-6,8,11,13,16H,7,9-10,12H2,1H3. The lowest BCUT2D eigenvalue weighted by atomic mass is 9.75. The summed E-state index contributed by atoms with van der Waals surface area (Å²) in [5, 5.41) is 0. The van der Waals surface area contributed by atoms with Gasteiger partial charge in [0.15, 0.2) is 0 Å². The molecule has 0 radical (unpaired) electrons. The summed E-state index contributed by atoms with van der Waals surface area (Å²) in [7, 11) is 0. The normalized spacial score (nSPS) is 28.1. The molecule has 0 aromatic heterocycles. The molecule has 2 aliphatic carbocycles. The third-order valence-corrected chi connectivity index (χ3v) is 4.13. The topological polar surface area (TPSA) is 0 Å². The van der Waals surface area contributed by atoms with Gasteiger partial charge in [-0.15, -0.1) is 0 Å². The van der Waals surface area contributed by atoms with E-state index in [0.717, 1.165) is 11.8 Å². The van der Waals surface area contributed by atoms with Gasteiger partial charge in [0.05, 0.1) is 0 Å². The molecule has 0 heteroatoms. The van der Waals surface area contributed by atoms with E-state index in [1.54, 1.807) is 11.1 Å². The fourth-order valence-corrected chi connectivity index (χ4v) is 3.14. The highest BCUT2D eigenvalue weighted by atomic mass is 14.3. The average Bonchev–Trinajstić information content (AvgIpc) is 2.39. The summed E-state index contributed by atoms with van der Waals surface area (Å²) in [5.74, 6) is 1.50. The van der Waals surface area contributed by atoms with Crippen molar-refractivity contribution in [2.45, 2.75) is 38.5 Å². The Morgan fingerprint density at radius 2 is 1.88 bits per heavy atom. The molecule has 1 aromatic rings. The van der Waals surface area contributed by atoms with Gasteiger partial charge < -0.3 is 0 Å². The second-order valence-electron chi connectivity index (χ2n) is 5.48. The van der Waals surface area contributed by atoms with Gasteiger partial charge in [-0.25, -0.2) is 0 Å². The minimum atomic E-state index is 0.744. The summed E-state index contributed by atoms with van der Waals surface area (Å²) in [4.78, 5) is 0. The average molecular weight is 224 g/mol. The van der Waals surface area contributed by atoms with Crippen LogP contribution in [-0.4, -0.2) is 0 Å². The summed E-state index contributed by atoms with van der Waals surface area (Å²) in [5.41, 5.74) is 4.78. The van der Waals surface area contributed by atoms with Crippen molar-refractivity contribution in [3.63, 3.8) is 0 Å². The molecule has 0 bridgehead atoms. The molecule has 0 heterocycles. The highest BCUT2D eigenvalue weighted by Crippen LogP contribution is 2.41. The predicted octanol–water partition coefficient (Wildman–Crippen LogP) is 4.85. The van der Waals surface area contributed by atoms with Crippen LogP contribution in [0.25, 0.3) is 0 Å². The van der Waals surface area contributed by atoms with Crippen LogP contribution in [0.15, 0.2) is 53.6 Å². The van der Waals surface area contributed by atoms with Gasteiger partial charge in [0.25, 0.3) is 0 Å². The van der Waals surface area contributed by atoms with Crippen LogP contribution in [-0.2, 0) is 0 Å². The molecule has 3 rings (SSSR count). The van der Waals surface area contributed by atoms with Crippen LogP contribution in [0.1, 0.15) is 44.1 Å². The molecule has 2 atom stereocenters. The largest absolute Gasteiger partial charge is 0.0805 e. The van der Waals surface area contributed by atoms with Crippen molar-refractivity contribution in [3.8, 4) is 0 Å².